The first-order chi connectivity index (χ1) is 16.6. The minimum Gasteiger partial charge on any atom is -0.352 e. The van der Waals surface area contributed by atoms with Crippen LogP contribution in [0.2, 0.25) is 10.0 Å². The molecule has 1 atom stereocenters. The predicted octanol–water partition coefficient (Wildman–Crippen LogP) is 6.59. The molecule has 3 aromatic carbocycles. The summed E-state index contributed by atoms with van der Waals surface area (Å²) in [5.74, 6) is -0.0503. The van der Waals surface area contributed by atoms with Gasteiger partial charge in [0.15, 0.2) is 0 Å². The third-order valence-electron chi connectivity index (χ3n) is 6.82. The third kappa shape index (κ3) is 4.96. The molecule has 1 aliphatic heterocycles. The van der Waals surface area contributed by atoms with Crippen molar-refractivity contribution in [3.8, 4) is 22.3 Å². The summed E-state index contributed by atoms with van der Waals surface area (Å²) in [6.07, 6.45) is 1.99. The van der Waals surface area contributed by atoms with E-state index in [0.717, 1.165) is 61.3 Å². The number of piperazine rings is 1. The molecule has 0 bridgehead atoms. The Labute approximate surface area is 223 Å². The van der Waals surface area contributed by atoms with Crippen LogP contribution in [0.4, 0.5) is 0 Å². The molecular weight excluding hydrogens is 501 g/mol. The maximum absolute atomic E-state index is 13.2. The van der Waals surface area contributed by atoms with E-state index in [2.05, 4.69) is 52.8 Å². The SMILES string of the molecule is CCCCNC(=O)c1cc(-c2cccc(Cl)c2Cl)c2c(c1)C(N1CCNCC1)c1ccccc1-2.Cl. The van der Waals surface area contributed by atoms with Gasteiger partial charge in [0, 0.05) is 43.9 Å². The zero-order valence-corrected chi connectivity index (χ0v) is 22.1. The molecule has 0 aromatic heterocycles. The molecule has 35 heavy (non-hydrogen) atoms. The summed E-state index contributed by atoms with van der Waals surface area (Å²) in [6.45, 7) is 6.62. The number of fused-ring (bicyclic) bond motifs is 3. The van der Waals surface area contributed by atoms with Crippen LogP contribution in [-0.4, -0.2) is 43.5 Å². The standard InChI is InChI=1S/C28H29Cl2N3O.ClH/c1-2-3-11-32-28(34)18-16-22(20-9-6-10-24(29)26(20)30)25-19-7-4-5-8-21(19)27(23(25)17-18)33-14-12-31-13-15-33;/h4-10,16-17,27,31H,2-3,11-15H2,1H3,(H,32,34);1H. The molecule has 7 heteroatoms. The molecule has 0 saturated carbocycles. The number of hydrogen-bond acceptors (Lipinski definition) is 3. The van der Waals surface area contributed by atoms with E-state index in [1.807, 2.05) is 18.2 Å². The van der Waals surface area contributed by atoms with Crippen molar-refractivity contribution in [2.24, 2.45) is 0 Å². The predicted molar refractivity (Wildman–Crippen MR) is 148 cm³/mol. The number of carbonyl (C=O) groups is 1. The third-order valence-corrected chi connectivity index (χ3v) is 7.64. The molecule has 1 fully saturated rings. The van der Waals surface area contributed by atoms with Crippen molar-refractivity contribution in [3.63, 3.8) is 0 Å². The zero-order chi connectivity index (χ0) is 23.7. The second-order valence-electron chi connectivity index (χ2n) is 8.97. The van der Waals surface area contributed by atoms with Crippen LogP contribution in [0.1, 0.15) is 47.3 Å². The minimum absolute atomic E-state index is 0. The fourth-order valence-electron chi connectivity index (χ4n) is 5.18. The van der Waals surface area contributed by atoms with E-state index < -0.39 is 0 Å². The van der Waals surface area contributed by atoms with Crippen molar-refractivity contribution in [3.05, 3.63) is 81.3 Å². The van der Waals surface area contributed by atoms with Crippen molar-refractivity contribution in [2.45, 2.75) is 25.8 Å². The molecule has 1 amide bonds. The maximum Gasteiger partial charge on any atom is 0.251 e. The number of carbonyl (C=O) groups excluding carboxylic acids is 1. The average Bonchev–Trinajstić information content (AvgIpc) is 3.20. The topological polar surface area (TPSA) is 44.4 Å². The minimum atomic E-state index is -0.0503. The maximum atomic E-state index is 13.2. The van der Waals surface area contributed by atoms with Crippen LogP contribution >= 0.6 is 35.6 Å². The lowest BCUT2D eigenvalue weighted by Gasteiger charge is -2.34. The number of halogens is 3. The molecule has 2 aliphatic rings. The van der Waals surface area contributed by atoms with Crippen molar-refractivity contribution >= 4 is 41.5 Å². The van der Waals surface area contributed by atoms with Crippen LogP contribution in [0.5, 0.6) is 0 Å². The average molecular weight is 531 g/mol. The van der Waals surface area contributed by atoms with Gasteiger partial charge < -0.3 is 10.6 Å². The Morgan fingerprint density at radius 1 is 1.00 bits per heavy atom. The molecule has 0 spiro atoms. The highest BCUT2D eigenvalue weighted by Gasteiger charge is 2.36. The van der Waals surface area contributed by atoms with Crippen LogP contribution in [0, 0.1) is 0 Å². The van der Waals surface area contributed by atoms with Gasteiger partial charge >= 0.3 is 0 Å². The van der Waals surface area contributed by atoms with E-state index in [4.69, 9.17) is 23.2 Å². The van der Waals surface area contributed by atoms with Gasteiger partial charge in [0.05, 0.1) is 16.1 Å². The first-order valence-electron chi connectivity index (χ1n) is 12.0. The van der Waals surface area contributed by atoms with Crippen LogP contribution in [0.15, 0.2) is 54.6 Å². The van der Waals surface area contributed by atoms with Crippen molar-refractivity contribution in [2.75, 3.05) is 32.7 Å². The van der Waals surface area contributed by atoms with Gasteiger partial charge in [0.25, 0.3) is 5.91 Å². The summed E-state index contributed by atoms with van der Waals surface area (Å²) in [6, 6.07) is 18.5. The van der Waals surface area contributed by atoms with Crippen molar-refractivity contribution in [1.82, 2.24) is 15.5 Å². The zero-order valence-electron chi connectivity index (χ0n) is 19.7. The lowest BCUT2D eigenvalue weighted by atomic mass is 9.91. The van der Waals surface area contributed by atoms with Gasteiger partial charge in [-0.1, -0.05) is 72.9 Å². The lowest BCUT2D eigenvalue weighted by molar-refractivity contribution is 0.0953. The number of benzene rings is 3. The summed E-state index contributed by atoms with van der Waals surface area (Å²) in [4.78, 5) is 15.7. The molecule has 1 saturated heterocycles. The Morgan fingerprint density at radius 3 is 2.51 bits per heavy atom. The number of amides is 1. The second kappa shape index (κ2) is 11.3. The van der Waals surface area contributed by atoms with Gasteiger partial charge in [-0.25, -0.2) is 0 Å². The van der Waals surface area contributed by atoms with Gasteiger partial charge in [-0.15, -0.1) is 12.4 Å². The van der Waals surface area contributed by atoms with Gasteiger partial charge in [-0.05, 0) is 52.4 Å². The Kier molecular flexibility index (Phi) is 8.41. The highest BCUT2D eigenvalue weighted by molar-refractivity contribution is 6.43. The summed E-state index contributed by atoms with van der Waals surface area (Å²) >= 11 is 13.2. The molecule has 184 valence electrons. The molecule has 1 aliphatic carbocycles. The number of nitrogens with one attached hydrogen (secondary N) is 2. The van der Waals surface area contributed by atoms with E-state index in [-0.39, 0.29) is 24.4 Å². The van der Waals surface area contributed by atoms with Gasteiger partial charge in [-0.3, -0.25) is 9.69 Å². The van der Waals surface area contributed by atoms with E-state index in [1.54, 1.807) is 6.07 Å². The normalized spacial score (nSPS) is 16.8. The van der Waals surface area contributed by atoms with Crippen LogP contribution in [-0.2, 0) is 0 Å². The second-order valence-corrected chi connectivity index (χ2v) is 9.76. The molecule has 3 aromatic rings. The Bertz CT molecular complexity index is 1220. The summed E-state index contributed by atoms with van der Waals surface area (Å²) in [5.41, 5.74) is 7.26. The Balaban J connectivity index is 0.00000289. The first-order valence-corrected chi connectivity index (χ1v) is 12.8. The van der Waals surface area contributed by atoms with Gasteiger partial charge in [0.1, 0.15) is 0 Å². The number of rotatable bonds is 6. The van der Waals surface area contributed by atoms with Crippen LogP contribution in [0.25, 0.3) is 22.3 Å². The van der Waals surface area contributed by atoms with E-state index >= 15 is 0 Å². The van der Waals surface area contributed by atoms with Crippen molar-refractivity contribution < 1.29 is 4.79 Å². The van der Waals surface area contributed by atoms with E-state index in [0.29, 0.717) is 22.2 Å². The molecular formula is C28H30Cl3N3O. The summed E-state index contributed by atoms with van der Waals surface area (Å²) < 4.78 is 0. The molecule has 2 N–H and O–H groups in total. The number of nitrogens with zero attached hydrogens (tertiary/aromatic N) is 1. The fraction of sp³-hybridized carbons (Fsp3) is 0.321. The number of hydrogen-bond donors (Lipinski definition) is 2. The highest BCUT2D eigenvalue weighted by atomic mass is 35.5. The molecule has 5 rings (SSSR count). The van der Waals surface area contributed by atoms with E-state index in [9.17, 15) is 4.79 Å². The van der Waals surface area contributed by atoms with Crippen LogP contribution < -0.4 is 10.6 Å². The van der Waals surface area contributed by atoms with Crippen molar-refractivity contribution in [1.29, 1.82) is 0 Å². The molecule has 0 radical (unpaired) electrons. The van der Waals surface area contributed by atoms with Gasteiger partial charge in [0.2, 0.25) is 0 Å². The molecule has 1 unspecified atom stereocenters. The Morgan fingerprint density at radius 2 is 1.74 bits per heavy atom. The summed E-state index contributed by atoms with van der Waals surface area (Å²) in [5, 5.41) is 7.57. The fourth-order valence-corrected chi connectivity index (χ4v) is 5.58. The number of unbranched alkanes of at least 4 members (excludes halogenated alkanes) is 1. The molecule has 1 heterocycles. The largest absolute Gasteiger partial charge is 0.352 e. The van der Waals surface area contributed by atoms with Crippen LogP contribution in [0.3, 0.4) is 0 Å². The monoisotopic (exact) mass is 529 g/mol. The molecule has 4 nitrogen and oxygen atoms in total. The Hall–Kier alpha value is -2.08. The lowest BCUT2D eigenvalue weighted by Crippen LogP contribution is -2.45. The van der Waals surface area contributed by atoms with Gasteiger partial charge in [-0.2, -0.15) is 0 Å². The van der Waals surface area contributed by atoms with E-state index in [1.165, 1.54) is 11.1 Å². The first kappa shape index (κ1) is 26.0. The summed E-state index contributed by atoms with van der Waals surface area (Å²) in [7, 11) is 0. The highest BCUT2D eigenvalue weighted by Crippen LogP contribution is 2.52. The smallest absolute Gasteiger partial charge is 0.251 e. The quantitative estimate of drug-likeness (QED) is 0.354.